The molecule has 2 aromatic heterocycles. The zero-order valence-corrected chi connectivity index (χ0v) is 18.9. The average Bonchev–Trinajstić information content (AvgIpc) is 3.47. The third kappa shape index (κ3) is 4.67. The second kappa shape index (κ2) is 9.41. The van der Waals surface area contributed by atoms with Crippen molar-refractivity contribution in [2.24, 2.45) is 0 Å². The first-order chi connectivity index (χ1) is 16.1. The van der Waals surface area contributed by atoms with Crippen molar-refractivity contribution in [1.82, 2.24) is 19.6 Å². The number of furan rings is 1. The molecule has 4 heterocycles. The lowest BCUT2D eigenvalue weighted by Crippen LogP contribution is -2.43. The van der Waals surface area contributed by atoms with Crippen molar-refractivity contribution in [2.45, 2.75) is 45.0 Å². The maximum Gasteiger partial charge on any atom is 0.274 e. The number of amides is 1. The molecule has 1 atom stereocenters. The normalized spacial score (nSPS) is 18.8. The van der Waals surface area contributed by atoms with Gasteiger partial charge in [-0.05, 0) is 36.6 Å². The topological polar surface area (TPSA) is 84.0 Å². The fourth-order valence-corrected chi connectivity index (χ4v) is 4.86. The van der Waals surface area contributed by atoms with Crippen LogP contribution in [0.2, 0.25) is 0 Å². The summed E-state index contributed by atoms with van der Waals surface area (Å²) in [5.74, 6) is 0.720. The molecule has 0 bridgehead atoms. The molecular weight excluding hydrogens is 420 g/mol. The van der Waals surface area contributed by atoms with Crippen LogP contribution in [0.1, 0.15) is 45.7 Å². The van der Waals surface area contributed by atoms with Gasteiger partial charge < -0.3 is 19.2 Å². The Morgan fingerprint density at radius 2 is 2.15 bits per heavy atom. The Balaban J connectivity index is 1.45. The number of likely N-dealkylation sites (tertiary alicyclic amines) is 1. The van der Waals surface area contributed by atoms with Gasteiger partial charge in [-0.2, -0.15) is 5.10 Å². The number of aliphatic hydroxyl groups excluding tert-OH is 1. The quantitative estimate of drug-likeness (QED) is 0.622. The number of aliphatic hydroxyl groups is 1. The van der Waals surface area contributed by atoms with Crippen molar-refractivity contribution in [3.8, 4) is 5.75 Å². The van der Waals surface area contributed by atoms with Gasteiger partial charge in [-0.3, -0.25) is 14.4 Å². The zero-order valence-electron chi connectivity index (χ0n) is 18.9. The molecule has 33 heavy (non-hydrogen) atoms. The molecule has 0 saturated carbocycles. The van der Waals surface area contributed by atoms with Crippen LogP contribution in [0.15, 0.2) is 47.3 Å². The summed E-state index contributed by atoms with van der Waals surface area (Å²) in [5.41, 5.74) is 4.82. The van der Waals surface area contributed by atoms with Gasteiger partial charge in [0.15, 0.2) is 5.69 Å². The van der Waals surface area contributed by atoms with E-state index in [0.717, 1.165) is 60.5 Å². The number of hydrogen-bond donors (Lipinski definition) is 1. The summed E-state index contributed by atoms with van der Waals surface area (Å²) in [6, 6.07) is 9.92. The largest absolute Gasteiger partial charge is 0.497 e. The third-order valence-corrected chi connectivity index (χ3v) is 6.55. The number of methoxy groups -OCH3 is 1. The fourth-order valence-electron chi connectivity index (χ4n) is 4.86. The minimum atomic E-state index is -0.463. The smallest absolute Gasteiger partial charge is 0.274 e. The van der Waals surface area contributed by atoms with Crippen LogP contribution in [-0.2, 0) is 26.1 Å². The van der Waals surface area contributed by atoms with E-state index in [1.165, 1.54) is 0 Å². The van der Waals surface area contributed by atoms with E-state index in [-0.39, 0.29) is 5.91 Å². The monoisotopic (exact) mass is 450 g/mol. The molecule has 8 heteroatoms. The Morgan fingerprint density at radius 1 is 1.24 bits per heavy atom. The van der Waals surface area contributed by atoms with Crippen molar-refractivity contribution in [1.29, 1.82) is 0 Å². The lowest BCUT2D eigenvalue weighted by Gasteiger charge is -2.31. The van der Waals surface area contributed by atoms with Crippen LogP contribution >= 0.6 is 0 Å². The third-order valence-electron chi connectivity index (χ3n) is 6.55. The van der Waals surface area contributed by atoms with E-state index in [9.17, 15) is 9.90 Å². The van der Waals surface area contributed by atoms with Gasteiger partial charge >= 0.3 is 0 Å². The maximum absolute atomic E-state index is 13.5. The van der Waals surface area contributed by atoms with Crippen molar-refractivity contribution in [3.05, 3.63) is 70.9 Å². The van der Waals surface area contributed by atoms with Gasteiger partial charge in [-0.25, -0.2) is 0 Å². The number of benzene rings is 1. The molecule has 1 N–H and O–H groups in total. The van der Waals surface area contributed by atoms with Crippen LogP contribution in [0.5, 0.6) is 5.75 Å². The van der Waals surface area contributed by atoms with E-state index in [2.05, 4.69) is 4.90 Å². The summed E-state index contributed by atoms with van der Waals surface area (Å²) in [5, 5.41) is 14.9. The predicted molar refractivity (Wildman–Crippen MR) is 122 cm³/mol. The standard InChI is InChI=1S/C25H30N4O4/c1-32-21-6-2-4-18(12-21)14-29-23-7-10-27(13-19-8-11-33-17-19)16-22(23)24(26-29)25(31)28-9-3-5-20(30)15-28/h2,4,6,8,11-12,17,20,30H,3,5,7,9-10,13-16H2,1H3. The summed E-state index contributed by atoms with van der Waals surface area (Å²) < 4.78 is 12.6. The molecule has 0 radical (unpaired) electrons. The number of aromatic nitrogens is 2. The summed E-state index contributed by atoms with van der Waals surface area (Å²) in [7, 11) is 1.66. The van der Waals surface area contributed by atoms with E-state index in [1.54, 1.807) is 24.5 Å². The number of rotatable bonds is 6. The molecule has 1 amide bonds. The lowest BCUT2D eigenvalue weighted by molar-refractivity contribution is 0.0466. The minimum Gasteiger partial charge on any atom is -0.497 e. The Kier molecular flexibility index (Phi) is 6.20. The molecule has 1 aromatic carbocycles. The van der Waals surface area contributed by atoms with Crippen molar-refractivity contribution in [3.63, 3.8) is 0 Å². The summed E-state index contributed by atoms with van der Waals surface area (Å²) in [6.07, 6.45) is 5.36. The summed E-state index contributed by atoms with van der Waals surface area (Å²) in [6.45, 7) is 3.93. The zero-order chi connectivity index (χ0) is 22.8. The molecule has 0 spiro atoms. The number of fused-ring (bicyclic) bond motifs is 1. The van der Waals surface area contributed by atoms with Gasteiger partial charge in [0.25, 0.3) is 5.91 Å². The fraction of sp³-hybridized carbons (Fsp3) is 0.440. The van der Waals surface area contributed by atoms with E-state index in [1.807, 2.05) is 35.0 Å². The molecule has 0 aliphatic carbocycles. The van der Waals surface area contributed by atoms with Crippen molar-refractivity contribution >= 4 is 5.91 Å². The van der Waals surface area contributed by atoms with Crippen LogP contribution < -0.4 is 4.74 Å². The molecule has 8 nitrogen and oxygen atoms in total. The molecule has 2 aliphatic heterocycles. The van der Waals surface area contributed by atoms with Gasteiger partial charge in [-0.1, -0.05) is 12.1 Å². The molecule has 1 fully saturated rings. The molecule has 1 saturated heterocycles. The van der Waals surface area contributed by atoms with Crippen LogP contribution in [0.25, 0.3) is 0 Å². The van der Waals surface area contributed by atoms with Gasteiger partial charge in [0.2, 0.25) is 0 Å². The van der Waals surface area contributed by atoms with Gasteiger partial charge in [0.05, 0.1) is 32.3 Å². The van der Waals surface area contributed by atoms with Gasteiger partial charge in [0.1, 0.15) is 5.75 Å². The number of carbonyl (C=O) groups is 1. The summed E-state index contributed by atoms with van der Waals surface area (Å²) in [4.78, 5) is 17.6. The lowest BCUT2D eigenvalue weighted by atomic mass is 10.0. The van der Waals surface area contributed by atoms with Crippen molar-refractivity contribution in [2.75, 3.05) is 26.7 Å². The Hall–Kier alpha value is -3.10. The van der Waals surface area contributed by atoms with E-state index < -0.39 is 6.10 Å². The van der Waals surface area contributed by atoms with E-state index in [4.69, 9.17) is 14.3 Å². The first-order valence-corrected chi connectivity index (χ1v) is 11.5. The molecule has 1 unspecified atom stereocenters. The SMILES string of the molecule is COc1cccc(Cn2nc(C(=O)N3CCCC(O)C3)c3c2CCN(Cc2ccoc2)C3)c1. The van der Waals surface area contributed by atoms with Gasteiger partial charge in [-0.15, -0.1) is 0 Å². The number of nitrogens with zero attached hydrogens (tertiary/aromatic N) is 4. The first kappa shape index (κ1) is 21.7. The minimum absolute atomic E-state index is 0.0837. The molecular formula is C25H30N4O4. The second-order valence-corrected chi connectivity index (χ2v) is 8.92. The van der Waals surface area contributed by atoms with E-state index in [0.29, 0.717) is 31.9 Å². The van der Waals surface area contributed by atoms with Crippen LogP contribution in [0.4, 0.5) is 0 Å². The van der Waals surface area contributed by atoms with Crippen LogP contribution in [0, 0.1) is 0 Å². The Labute approximate surface area is 193 Å². The number of ether oxygens (including phenoxy) is 1. The van der Waals surface area contributed by atoms with Crippen LogP contribution in [-0.4, -0.2) is 63.4 Å². The number of β-amino-alcohol motifs (C(OH)–C–C–N with tert-alkyl or cyclic N) is 1. The maximum atomic E-state index is 13.5. The highest BCUT2D eigenvalue weighted by atomic mass is 16.5. The summed E-state index contributed by atoms with van der Waals surface area (Å²) >= 11 is 0. The Morgan fingerprint density at radius 3 is 2.94 bits per heavy atom. The highest BCUT2D eigenvalue weighted by Crippen LogP contribution is 2.27. The predicted octanol–water partition coefficient (Wildman–Crippen LogP) is 2.69. The number of hydrogen-bond acceptors (Lipinski definition) is 6. The Bertz CT molecular complexity index is 1110. The average molecular weight is 451 g/mol. The molecule has 3 aromatic rings. The first-order valence-electron chi connectivity index (χ1n) is 11.5. The number of carbonyl (C=O) groups excluding carboxylic acids is 1. The molecule has 5 rings (SSSR count). The second-order valence-electron chi connectivity index (χ2n) is 8.92. The van der Waals surface area contributed by atoms with Crippen molar-refractivity contribution < 1.29 is 19.1 Å². The molecule has 174 valence electrons. The molecule has 2 aliphatic rings. The van der Waals surface area contributed by atoms with Crippen LogP contribution in [0.3, 0.4) is 0 Å². The highest BCUT2D eigenvalue weighted by molar-refractivity contribution is 5.94. The highest BCUT2D eigenvalue weighted by Gasteiger charge is 2.32. The van der Waals surface area contributed by atoms with Gasteiger partial charge in [0, 0.05) is 56.0 Å². The number of piperidine rings is 1. The van der Waals surface area contributed by atoms with E-state index >= 15 is 0 Å².